The van der Waals surface area contributed by atoms with E-state index in [2.05, 4.69) is 40.8 Å². The van der Waals surface area contributed by atoms with Gasteiger partial charge < -0.3 is 57.7 Å². The lowest BCUT2D eigenvalue weighted by Gasteiger charge is -2.50. The third-order valence-electron chi connectivity index (χ3n) is 10.6. The van der Waals surface area contributed by atoms with Crippen LogP contribution in [-0.4, -0.2) is 157 Å². The van der Waals surface area contributed by atoms with Crippen molar-refractivity contribution in [2.75, 3.05) is 35.6 Å². The minimum Gasteiger partial charge on any atom is -0.543 e. The van der Waals surface area contributed by atoms with Crippen LogP contribution in [0.4, 0.5) is 21.4 Å². The zero-order valence-corrected chi connectivity index (χ0v) is 37.0. The molecule has 5 atom stereocenters. The van der Waals surface area contributed by atoms with E-state index in [-0.39, 0.29) is 66.5 Å². The maximum Gasteiger partial charge on any atom is 0.350 e. The highest BCUT2D eigenvalue weighted by Crippen LogP contribution is 2.47. The second kappa shape index (κ2) is 17.9. The number of nitrogens with zero attached hydrogens (tertiary/aromatic N) is 10. The molecule has 4 aliphatic heterocycles. The van der Waals surface area contributed by atoms with E-state index < -0.39 is 90.4 Å². The number of hydrogen-bond donors (Lipinski definition) is 8. The van der Waals surface area contributed by atoms with Crippen LogP contribution in [0.15, 0.2) is 35.0 Å². The van der Waals surface area contributed by atoms with Crippen LogP contribution >= 0.6 is 23.3 Å². The Labute approximate surface area is 375 Å². The largest absolute Gasteiger partial charge is 0.543 e. The molecule has 7 rings (SSSR count). The smallest absolute Gasteiger partial charge is 0.350 e. The summed E-state index contributed by atoms with van der Waals surface area (Å²) in [5.74, 6) is -6.44. The molecule has 3 saturated heterocycles. The Morgan fingerprint density at radius 2 is 1.89 bits per heavy atom. The lowest BCUT2D eigenvalue weighted by molar-refractivity contribution is -0.765. The predicted octanol–water partition coefficient (Wildman–Crippen LogP) is -5.43. The summed E-state index contributed by atoms with van der Waals surface area (Å²) in [6, 6.07) is -3.12. The quantitative estimate of drug-likeness (QED) is 0.0305. The van der Waals surface area contributed by atoms with Gasteiger partial charge >= 0.3 is 18.0 Å². The van der Waals surface area contributed by atoms with Crippen LogP contribution in [0.2, 0.25) is 0 Å². The first-order valence-corrected chi connectivity index (χ1v) is 22.3. The van der Waals surface area contributed by atoms with E-state index in [1.165, 1.54) is 60.5 Å². The molecule has 32 heteroatoms. The number of fused-ring (bicyclic) bond motifs is 2. The van der Waals surface area contributed by atoms with Crippen LogP contribution < -0.4 is 42.9 Å². The standard InChI is InChI=1S/C23H30N12O8S2.C10H12N4O5S/c1-23(2,20(40)41)43-31-11(15-30-21(26)45-32-15)16(36)29-12-17(37)35-13(19(38)39)9(8-44-18(12)35)6-34-7-10(14(25)33(34)3)28-22(42)27-5-4-24;1-10(5-13-3-2-11-12-13)8(9(16)17)14-6(15)4-7(14)20(10,18)19/h7,12,18,25H,4-6,8,24H2,1-3H3,(H7,26,27,28,29,30,32,36,38,39,40,41,42);2-3,7-8H,4-5H2,1H3,(H,16,17)/b31-11+;/t12-,18-;7?,8-,10-/m10/s1. The topological polar surface area (TPSA) is 425 Å². The summed E-state index contributed by atoms with van der Waals surface area (Å²) in [5, 5.41) is 47.6. The molecule has 350 valence electrons. The van der Waals surface area contributed by atoms with E-state index >= 15 is 0 Å². The summed E-state index contributed by atoms with van der Waals surface area (Å²) in [6.45, 7) is 4.04. The van der Waals surface area contributed by atoms with Crippen molar-refractivity contribution in [2.24, 2.45) is 17.9 Å². The van der Waals surface area contributed by atoms with Gasteiger partial charge in [-0.25, -0.2) is 22.8 Å². The summed E-state index contributed by atoms with van der Waals surface area (Å²) in [4.78, 5) is 96.1. The Balaban J connectivity index is 0.000000289. The molecule has 0 aromatic carbocycles. The number of aromatic nitrogens is 7. The first-order chi connectivity index (χ1) is 30.4. The number of anilines is 3. The third kappa shape index (κ3) is 8.82. The van der Waals surface area contributed by atoms with Gasteiger partial charge in [0.15, 0.2) is 39.1 Å². The minimum absolute atomic E-state index is 0.0106. The Kier molecular flexibility index (Phi) is 13.1. The number of carbonyl (C=O) groups is 7. The number of carbonyl (C=O) groups excluding carboxylic acids is 5. The third-order valence-corrected chi connectivity index (χ3v) is 15.2. The average molecular weight is 967 g/mol. The van der Waals surface area contributed by atoms with Crippen molar-refractivity contribution in [3.05, 3.63) is 35.7 Å². The number of rotatable bonds is 15. The minimum atomic E-state index is -3.80. The number of thioether (sulfide) groups is 1. The number of carboxylic acid groups (broad SMARTS) is 3. The highest BCUT2D eigenvalue weighted by molar-refractivity contribution is 8.00. The van der Waals surface area contributed by atoms with E-state index in [1.807, 2.05) is 0 Å². The lowest BCUT2D eigenvalue weighted by Crippen LogP contribution is -2.71. The molecule has 0 radical (unpaired) electrons. The maximum absolute atomic E-state index is 13.2. The summed E-state index contributed by atoms with van der Waals surface area (Å²) in [6.07, 6.45) is 4.18. The first-order valence-electron chi connectivity index (χ1n) is 18.9. The van der Waals surface area contributed by atoms with Gasteiger partial charge in [0.25, 0.3) is 11.8 Å². The van der Waals surface area contributed by atoms with Crippen LogP contribution in [0.5, 0.6) is 0 Å². The Morgan fingerprint density at radius 3 is 2.46 bits per heavy atom. The van der Waals surface area contributed by atoms with Gasteiger partial charge in [0.1, 0.15) is 21.5 Å². The SMILES string of the molecule is C[C@]1(Cn2ccnn2)[C@H](C(=O)O)N2C(=O)CC2S1(=O)=O.Cn1c(N)c(NC(=O)NCCN)c[n+]1CC1=C(C(=O)[O-])N2C(=O)[C@@H](NC(=O)/C(=N/OC(C)(C)C(=O)O)c3nsc(N)n3)[C@H]2SC1. The molecule has 1 unspecified atom stereocenters. The molecule has 65 heavy (non-hydrogen) atoms. The Bertz CT molecular complexity index is 2630. The summed E-state index contributed by atoms with van der Waals surface area (Å²) in [5.41, 5.74) is 15.0. The van der Waals surface area contributed by atoms with E-state index in [0.717, 1.165) is 21.3 Å². The second-order valence-corrected chi connectivity index (χ2v) is 19.7. The number of amides is 5. The van der Waals surface area contributed by atoms with Crippen molar-refractivity contribution in [2.45, 2.75) is 73.5 Å². The van der Waals surface area contributed by atoms with Crippen LogP contribution in [-0.2, 0) is 63.6 Å². The highest BCUT2D eigenvalue weighted by Gasteiger charge is 2.70. The summed E-state index contributed by atoms with van der Waals surface area (Å²) in [7, 11) is -2.20. The fourth-order valence-corrected chi connectivity index (χ4v) is 11.2. The van der Waals surface area contributed by atoms with Crippen LogP contribution in [0.3, 0.4) is 0 Å². The molecule has 4 aliphatic rings. The van der Waals surface area contributed by atoms with Gasteiger partial charge in [-0.3, -0.25) is 29.3 Å². The van der Waals surface area contributed by atoms with Crippen LogP contribution in [0.25, 0.3) is 0 Å². The number of nitrogens with two attached hydrogens (primary N) is 3. The molecule has 5 amide bonds. The number of β-lactam (4-membered cyclic amide) rings is 2. The van der Waals surface area contributed by atoms with Gasteiger partial charge in [0.05, 0.1) is 37.9 Å². The number of aliphatic carboxylic acids is 3. The predicted molar refractivity (Wildman–Crippen MR) is 221 cm³/mol. The Morgan fingerprint density at radius 1 is 1.18 bits per heavy atom. The number of carboxylic acids is 3. The molecule has 0 saturated carbocycles. The maximum atomic E-state index is 13.2. The number of oxime groups is 1. The van der Waals surface area contributed by atoms with E-state index in [1.54, 1.807) is 11.7 Å². The number of hydrogen-bond acceptors (Lipinski definition) is 21. The van der Waals surface area contributed by atoms with Gasteiger partial charge in [0.2, 0.25) is 29.2 Å². The van der Waals surface area contributed by atoms with Crippen molar-refractivity contribution in [1.29, 1.82) is 0 Å². The van der Waals surface area contributed by atoms with Gasteiger partial charge in [-0.2, -0.15) is 9.36 Å². The van der Waals surface area contributed by atoms with Crippen molar-refractivity contribution in [1.82, 2.24) is 49.5 Å². The number of nitrogens with one attached hydrogen (secondary N) is 3. The fourth-order valence-electron chi connectivity index (χ4n) is 7.05. The molecule has 3 fully saturated rings. The molecule has 0 bridgehead atoms. The van der Waals surface area contributed by atoms with Crippen LogP contribution in [0, 0.1) is 0 Å². The number of nitrogen functional groups attached to an aromatic ring is 2. The Hall–Kier alpha value is -6.93. The van der Waals surface area contributed by atoms with Gasteiger partial charge in [-0.15, -0.1) is 26.2 Å². The highest BCUT2D eigenvalue weighted by atomic mass is 32.2. The molecular weight excluding hydrogens is 925 g/mol. The molecule has 7 heterocycles. The van der Waals surface area contributed by atoms with Crippen molar-refractivity contribution in [3.8, 4) is 0 Å². The van der Waals surface area contributed by atoms with E-state index in [9.17, 15) is 57.3 Å². The molecule has 0 aliphatic carbocycles. The molecule has 11 N–H and O–H groups in total. The molecule has 3 aromatic rings. The average Bonchev–Trinajstić information content (AvgIpc) is 4.00. The normalized spacial score (nSPS) is 23.2. The zero-order valence-electron chi connectivity index (χ0n) is 34.6. The summed E-state index contributed by atoms with van der Waals surface area (Å²) >= 11 is 1.93. The van der Waals surface area contributed by atoms with Gasteiger partial charge in [-0.05, 0) is 20.8 Å². The molecule has 0 spiro atoms. The number of sulfone groups is 1. The molecule has 29 nitrogen and oxygen atoms in total. The van der Waals surface area contributed by atoms with Gasteiger partial charge in [0, 0.05) is 42.1 Å². The van der Waals surface area contributed by atoms with Gasteiger partial charge in [-0.1, -0.05) is 10.4 Å². The van der Waals surface area contributed by atoms with Crippen molar-refractivity contribution in [3.63, 3.8) is 0 Å². The molecular formula is C33H42N16O13S3. The monoisotopic (exact) mass is 966 g/mol. The van der Waals surface area contributed by atoms with Crippen LogP contribution in [0.1, 0.15) is 33.0 Å². The summed E-state index contributed by atoms with van der Waals surface area (Å²) < 4.78 is 31.7. The van der Waals surface area contributed by atoms with Crippen molar-refractivity contribution < 1.29 is 66.8 Å². The second-order valence-electron chi connectivity index (χ2n) is 15.3. The molecule has 3 aromatic heterocycles. The zero-order chi connectivity index (χ0) is 47.9. The number of urea groups is 1. The first kappa shape index (κ1) is 47.5. The fraction of sp³-hybridized carbons (Fsp3) is 0.485. The van der Waals surface area contributed by atoms with E-state index in [4.69, 9.17) is 22.0 Å². The van der Waals surface area contributed by atoms with E-state index in [0.29, 0.717) is 5.57 Å². The van der Waals surface area contributed by atoms with Crippen molar-refractivity contribution >= 4 is 97.1 Å². The lowest BCUT2D eigenvalue weighted by atomic mass is 9.96.